The average Bonchev–Trinajstić information content (AvgIpc) is 3.71. The summed E-state index contributed by atoms with van der Waals surface area (Å²) in [5.41, 5.74) is 13.4. The quantitative estimate of drug-likeness (QED) is 0.271. The van der Waals surface area contributed by atoms with Crippen molar-refractivity contribution >= 4 is 16.9 Å². The van der Waals surface area contributed by atoms with Gasteiger partial charge in [-0.1, -0.05) is 112 Å². The predicted octanol–water partition coefficient (Wildman–Crippen LogP) is 9.12. The Morgan fingerprint density at radius 3 is 2.26 bits per heavy atom. The van der Waals surface area contributed by atoms with Crippen LogP contribution >= 0.6 is 0 Å². The van der Waals surface area contributed by atoms with Gasteiger partial charge < -0.3 is 5.32 Å². The van der Waals surface area contributed by atoms with E-state index < -0.39 is 0 Å². The Kier molecular flexibility index (Phi) is 5.42. The van der Waals surface area contributed by atoms with Crippen LogP contribution in [0.3, 0.4) is 0 Å². The average molecular weight is 495 g/mol. The lowest BCUT2D eigenvalue weighted by Gasteiger charge is -2.30. The van der Waals surface area contributed by atoms with Crippen LogP contribution in [0.1, 0.15) is 61.5 Å². The third kappa shape index (κ3) is 3.75. The van der Waals surface area contributed by atoms with E-state index in [1.807, 2.05) is 0 Å². The first kappa shape index (κ1) is 23.3. The minimum absolute atomic E-state index is 0.0287. The molecule has 4 aromatic carbocycles. The zero-order chi connectivity index (χ0) is 25.9. The fourth-order valence-electron chi connectivity index (χ4n) is 6.93. The third-order valence-electron chi connectivity index (χ3n) is 8.71. The lowest BCUT2D eigenvalue weighted by molar-refractivity contribution is 0.530. The Morgan fingerprint density at radius 1 is 0.763 bits per heavy atom. The summed E-state index contributed by atoms with van der Waals surface area (Å²) < 4.78 is 0. The van der Waals surface area contributed by atoms with Gasteiger partial charge in [-0.2, -0.15) is 0 Å². The Balaban J connectivity index is 1.30. The van der Waals surface area contributed by atoms with Gasteiger partial charge in [0.1, 0.15) is 0 Å². The summed E-state index contributed by atoms with van der Waals surface area (Å²) in [4.78, 5) is 0. The molecule has 0 spiro atoms. The van der Waals surface area contributed by atoms with Crippen LogP contribution in [-0.2, 0) is 5.41 Å². The summed E-state index contributed by atoms with van der Waals surface area (Å²) in [5.74, 6) is 0.553. The van der Waals surface area contributed by atoms with Crippen molar-refractivity contribution in [3.05, 3.63) is 137 Å². The molecule has 7 rings (SSSR count). The first-order valence-electron chi connectivity index (χ1n) is 13.8. The molecule has 2 heteroatoms. The van der Waals surface area contributed by atoms with E-state index in [9.17, 15) is 0 Å². The van der Waals surface area contributed by atoms with E-state index >= 15 is 0 Å². The highest BCUT2D eigenvalue weighted by Crippen LogP contribution is 2.56. The molecular formula is C36H34N2. The molecule has 3 aliphatic rings. The maximum atomic E-state index is 3.84. The molecule has 1 heterocycles. The lowest BCUT2D eigenvalue weighted by atomic mass is 9.74. The molecule has 2 aliphatic carbocycles. The molecule has 1 aliphatic heterocycles. The molecule has 3 atom stereocenters. The summed E-state index contributed by atoms with van der Waals surface area (Å²) in [7, 11) is 0. The highest BCUT2D eigenvalue weighted by Gasteiger charge is 2.42. The monoisotopic (exact) mass is 494 g/mol. The molecule has 38 heavy (non-hydrogen) atoms. The summed E-state index contributed by atoms with van der Waals surface area (Å²) in [6.07, 6.45) is 5.86. The van der Waals surface area contributed by atoms with Gasteiger partial charge in [0.15, 0.2) is 0 Å². The molecule has 1 saturated heterocycles. The van der Waals surface area contributed by atoms with Crippen molar-refractivity contribution in [3.8, 4) is 11.1 Å². The molecule has 4 aromatic rings. The number of rotatable bonds is 5. The molecule has 0 saturated carbocycles. The normalized spacial score (nSPS) is 22.7. The molecule has 2 N–H and O–H groups in total. The molecule has 188 valence electrons. The van der Waals surface area contributed by atoms with Crippen LogP contribution in [0, 0.1) is 5.92 Å². The van der Waals surface area contributed by atoms with Crippen LogP contribution in [0.15, 0.2) is 115 Å². The lowest BCUT2D eigenvalue weighted by Crippen LogP contribution is -2.22. The first-order valence-corrected chi connectivity index (χ1v) is 13.8. The van der Waals surface area contributed by atoms with Gasteiger partial charge in [0.05, 0.1) is 12.1 Å². The third-order valence-corrected chi connectivity index (χ3v) is 8.71. The molecule has 0 radical (unpaired) electrons. The second-order valence-corrected chi connectivity index (χ2v) is 11.6. The van der Waals surface area contributed by atoms with Crippen molar-refractivity contribution in [1.29, 1.82) is 0 Å². The van der Waals surface area contributed by atoms with Crippen molar-refractivity contribution in [1.82, 2.24) is 5.32 Å². The molecule has 2 nitrogen and oxygen atoms in total. The SMILES string of the molecule is CC1CC=CC2=C1C(C)(C)c1ccc(Nc3cccc([C@H]4NC4c4ccccc4)c3)c(-c3ccccc3)c12. The number of anilines is 2. The molecular weight excluding hydrogens is 460 g/mol. The Hall–Kier alpha value is -3.88. The van der Waals surface area contributed by atoms with E-state index in [1.54, 1.807) is 5.57 Å². The van der Waals surface area contributed by atoms with Gasteiger partial charge in [-0.3, -0.25) is 5.32 Å². The van der Waals surface area contributed by atoms with E-state index in [0.717, 1.165) is 17.8 Å². The van der Waals surface area contributed by atoms with Crippen LogP contribution in [0.4, 0.5) is 11.4 Å². The van der Waals surface area contributed by atoms with Crippen LogP contribution < -0.4 is 10.6 Å². The minimum Gasteiger partial charge on any atom is -0.355 e. The fraction of sp³-hybridized carbons (Fsp3) is 0.222. The predicted molar refractivity (Wildman–Crippen MR) is 160 cm³/mol. The number of hydrogen-bond acceptors (Lipinski definition) is 2. The second-order valence-electron chi connectivity index (χ2n) is 11.6. The smallest absolute Gasteiger partial charge is 0.0524 e. The van der Waals surface area contributed by atoms with Gasteiger partial charge in [0.25, 0.3) is 0 Å². The maximum Gasteiger partial charge on any atom is 0.0524 e. The van der Waals surface area contributed by atoms with Crippen molar-refractivity contribution < 1.29 is 0 Å². The van der Waals surface area contributed by atoms with Crippen molar-refractivity contribution in [2.45, 2.75) is 44.7 Å². The van der Waals surface area contributed by atoms with E-state index in [4.69, 9.17) is 0 Å². The largest absolute Gasteiger partial charge is 0.355 e. The van der Waals surface area contributed by atoms with Crippen LogP contribution in [0.5, 0.6) is 0 Å². The number of allylic oxidation sites excluding steroid dienone is 4. The van der Waals surface area contributed by atoms with Gasteiger partial charge in [0, 0.05) is 22.4 Å². The maximum absolute atomic E-state index is 3.84. The van der Waals surface area contributed by atoms with Gasteiger partial charge in [-0.15, -0.1) is 0 Å². The van der Waals surface area contributed by atoms with Gasteiger partial charge in [-0.25, -0.2) is 0 Å². The number of hydrogen-bond donors (Lipinski definition) is 2. The Morgan fingerprint density at radius 2 is 1.47 bits per heavy atom. The molecule has 0 amide bonds. The Labute approximate surface area is 226 Å². The summed E-state index contributed by atoms with van der Waals surface area (Å²) in [5, 5.41) is 7.50. The molecule has 0 aromatic heterocycles. The first-order chi connectivity index (χ1) is 18.5. The van der Waals surface area contributed by atoms with E-state index in [-0.39, 0.29) is 5.41 Å². The zero-order valence-electron chi connectivity index (χ0n) is 22.3. The summed E-state index contributed by atoms with van der Waals surface area (Å²) in [6, 6.07) is 35.9. The zero-order valence-corrected chi connectivity index (χ0v) is 22.3. The van der Waals surface area contributed by atoms with Gasteiger partial charge in [0.2, 0.25) is 0 Å². The van der Waals surface area contributed by atoms with Gasteiger partial charge in [-0.05, 0) is 69.5 Å². The molecule has 2 unspecified atom stereocenters. The van der Waals surface area contributed by atoms with Crippen molar-refractivity contribution in [2.75, 3.05) is 5.32 Å². The van der Waals surface area contributed by atoms with E-state index in [0.29, 0.717) is 18.0 Å². The van der Waals surface area contributed by atoms with Crippen LogP contribution in [0.25, 0.3) is 16.7 Å². The Bertz CT molecular complexity index is 1580. The fourth-order valence-corrected chi connectivity index (χ4v) is 6.93. The van der Waals surface area contributed by atoms with Crippen LogP contribution in [-0.4, -0.2) is 0 Å². The molecule has 0 bridgehead atoms. The highest BCUT2D eigenvalue weighted by atomic mass is 15.1. The summed E-state index contributed by atoms with van der Waals surface area (Å²) in [6.45, 7) is 7.19. The van der Waals surface area contributed by atoms with E-state index in [2.05, 4.69) is 141 Å². The van der Waals surface area contributed by atoms with Gasteiger partial charge >= 0.3 is 0 Å². The number of benzene rings is 4. The summed E-state index contributed by atoms with van der Waals surface area (Å²) >= 11 is 0. The number of nitrogens with one attached hydrogen (secondary N) is 2. The second kappa shape index (κ2) is 8.85. The number of fused-ring (bicyclic) bond motifs is 2. The minimum atomic E-state index is 0.0287. The standard InChI is InChI=1S/C36H34N2/c1-23-12-10-19-28-32-29(36(2,3)33(23)28)20-21-30(31(32)24-13-6-4-7-14-24)37-27-18-11-17-26(22-27)35-34(38-35)25-15-8-5-9-16-25/h4-11,13-23,34-35,37-38H,12H2,1-3H3/t23?,34?,35-/m1/s1. The van der Waals surface area contributed by atoms with Crippen LogP contribution in [0.2, 0.25) is 0 Å². The van der Waals surface area contributed by atoms with Crippen molar-refractivity contribution in [3.63, 3.8) is 0 Å². The topological polar surface area (TPSA) is 34.0 Å². The van der Waals surface area contributed by atoms with E-state index in [1.165, 1.54) is 39.0 Å². The molecule has 1 fully saturated rings. The van der Waals surface area contributed by atoms with Crippen molar-refractivity contribution in [2.24, 2.45) is 5.92 Å². The highest BCUT2D eigenvalue weighted by molar-refractivity contribution is 5.99.